The van der Waals surface area contributed by atoms with Gasteiger partial charge >= 0.3 is 0 Å². The van der Waals surface area contributed by atoms with Gasteiger partial charge < -0.3 is 10.6 Å². The van der Waals surface area contributed by atoms with E-state index in [9.17, 15) is 4.79 Å². The lowest BCUT2D eigenvalue weighted by molar-refractivity contribution is -0.114. The largest absolute Gasteiger partial charge is 0.374 e. The number of amides is 1. The fourth-order valence-electron chi connectivity index (χ4n) is 1.26. The summed E-state index contributed by atoms with van der Waals surface area (Å²) in [7, 11) is 0. The molecule has 0 aliphatic carbocycles. The van der Waals surface area contributed by atoms with E-state index in [1.807, 2.05) is 12.1 Å². The molecule has 3 nitrogen and oxygen atoms in total. The zero-order chi connectivity index (χ0) is 9.26. The first-order valence-corrected chi connectivity index (χ1v) is 3.94. The van der Waals surface area contributed by atoms with Gasteiger partial charge in [0.05, 0.1) is 17.9 Å². The maximum atomic E-state index is 11.0. The quantitative estimate of drug-likeness (QED) is 0.574. The van der Waals surface area contributed by atoms with Crippen molar-refractivity contribution >= 4 is 17.3 Å². The van der Waals surface area contributed by atoms with Gasteiger partial charge in [0, 0.05) is 5.56 Å². The van der Waals surface area contributed by atoms with Crippen molar-refractivity contribution in [3.8, 4) is 12.3 Å². The highest BCUT2D eigenvalue weighted by Crippen LogP contribution is 2.25. The van der Waals surface area contributed by atoms with Crippen LogP contribution in [0.3, 0.4) is 0 Å². The predicted molar refractivity (Wildman–Crippen MR) is 51.5 cm³/mol. The molecule has 0 saturated heterocycles. The molecule has 2 N–H and O–H groups in total. The Hall–Kier alpha value is -1.95. The summed E-state index contributed by atoms with van der Waals surface area (Å²) in [5, 5.41) is 5.72. The van der Waals surface area contributed by atoms with Crippen LogP contribution < -0.4 is 10.6 Å². The molecule has 1 heterocycles. The Kier molecular flexibility index (Phi) is 1.67. The molecular weight excluding hydrogens is 164 g/mol. The van der Waals surface area contributed by atoms with Gasteiger partial charge in [-0.1, -0.05) is 5.92 Å². The molecule has 0 bridgehead atoms. The molecule has 0 radical (unpaired) electrons. The summed E-state index contributed by atoms with van der Waals surface area (Å²) >= 11 is 0. The third-order valence-electron chi connectivity index (χ3n) is 1.90. The summed E-state index contributed by atoms with van der Waals surface area (Å²) in [6.45, 7) is 0.322. The number of benzene rings is 1. The van der Waals surface area contributed by atoms with Crippen molar-refractivity contribution < 1.29 is 4.79 Å². The number of carbonyl (C=O) groups is 1. The fourth-order valence-corrected chi connectivity index (χ4v) is 1.26. The van der Waals surface area contributed by atoms with Crippen molar-refractivity contribution in [3.63, 3.8) is 0 Å². The number of terminal acetylenes is 1. The van der Waals surface area contributed by atoms with Crippen LogP contribution in [-0.4, -0.2) is 12.5 Å². The summed E-state index contributed by atoms with van der Waals surface area (Å²) in [6, 6.07) is 5.48. The second-order valence-corrected chi connectivity index (χ2v) is 2.81. The standard InChI is InChI=1S/C10H8N2O/c1-2-7-3-4-8-9(5-7)12-10(13)6-11-8/h1,3-5,11H,6H2,(H,12,13). The highest BCUT2D eigenvalue weighted by Gasteiger charge is 2.12. The molecule has 0 spiro atoms. The lowest BCUT2D eigenvalue weighted by Crippen LogP contribution is -2.27. The van der Waals surface area contributed by atoms with Crippen LogP contribution in [-0.2, 0) is 4.79 Å². The monoisotopic (exact) mass is 172 g/mol. The Morgan fingerprint density at radius 2 is 2.23 bits per heavy atom. The summed E-state index contributed by atoms with van der Waals surface area (Å²) in [4.78, 5) is 11.0. The van der Waals surface area contributed by atoms with E-state index in [0.717, 1.165) is 16.9 Å². The highest BCUT2D eigenvalue weighted by atomic mass is 16.2. The minimum atomic E-state index is -0.0401. The summed E-state index contributed by atoms with van der Waals surface area (Å²) in [6.07, 6.45) is 5.23. The number of rotatable bonds is 0. The zero-order valence-corrected chi connectivity index (χ0v) is 6.92. The van der Waals surface area contributed by atoms with Crippen molar-refractivity contribution in [1.29, 1.82) is 0 Å². The molecule has 3 heteroatoms. The van der Waals surface area contributed by atoms with Gasteiger partial charge in [0.15, 0.2) is 0 Å². The Bertz CT molecular complexity index is 404. The van der Waals surface area contributed by atoms with E-state index < -0.39 is 0 Å². The molecule has 1 aromatic rings. The Morgan fingerprint density at radius 1 is 1.38 bits per heavy atom. The van der Waals surface area contributed by atoms with E-state index in [4.69, 9.17) is 6.42 Å². The highest BCUT2D eigenvalue weighted by molar-refractivity contribution is 6.00. The van der Waals surface area contributed by atoms with Gasteiger partial charge in [-0.25, -0.2) is 0 Å². The number of nitrogens with one attached hydrogen (secondary N) is 2. The van der Waals surface area contributed by atoms with E-state index in [1.165, 1.54) is 0 Å². The smallest absolute Gasteiger partial charge is 0.243 e. The molecule has 0 fully saturated rings. The third-order valence-corrected chi connectivity index (χ3v) is 1.90. The SMILES string of the molecule is C#Cc1ccc2c(c1)NC(=O)CN2. The van der Waals surface area contributed by atoms with E-state index in [0.29, 0.717) is 6.54 Å². The van der Waals surface area contributed by atoms with Crippen LogP contribution in [0.1, 0.15) is 5.56 Å². The molecule has 0 saturated carbocycles. The van der Waals surface area contributed by atoms with Gasteiger partial charge in [0.1, 0.15) is 0 Å². The number of anilines is 2. The van der Waals surface area contributed by atoms with Crippen LogP contribution in [0, 0.1) is 12.3 Å². The maximum Gasteiger partial charge on any atom is 0.243 e. The first-order chi connectivity index (χ1) is 6.29. The predicted octanol–water partition coefficient (Wildman–Crippen LogP) is 1.03. The van der Waals surface area contributed by atoms with Crippen LogP contribution in [0.5, 0.6) is 0 Å². The van der Waals surface area contributed by atoms with Crippen LogP contribution in [0.4, 0.5) is 11.4 Å². The van der Waals surface area contributed by atoms with Gasteiger partial charge in [-0.15, -0.1) is 6.42 Å². The van der Waals surface area contributed by atoms with Crippen LogP contribution >= 0.6 is 0 Å². The average molecular weight is 172 g/mol. The number of hydrogen-bond acceptors (Lipinski definition) is 2. The first kappa shape index (κ1) is 7.69. The number of carbonyl (C=O) groups excluding carboxylic acids is 1. The molecule has 0 unspecified atom stereocenters. The number of fused-ring (bicyclic) bond motifs is 1. The average Bonchev–Trinajstić information content (AvgIpc) is 2.16. The lowest BCUT2D eigenvalue weighted by Gasteiger charge is -2.18. The molecular formula is C10H8N2O. The molecule has 1 aliphatic heterocycles. The van der Waals surface area contributed by atoms with Crippen LogP contribution in [0.15, 0.2) is 18.2 Å². The van der Waals surface area contributed by atoms with Gasteiger partial charge in [-0.2, -0.15) is 0 Å². The molecule has 64 valence electrons. The summed E-state index contributed by atoms with van der Waals surface area (Å²) in [5.41, 5.74) is 2.44. The Morgan fingerprint density at radius 3 is 3.00 bits per heavy atom. The van der Waals surface area contributed by atoms with E-state index in [1.54, 1.807) is 6.07 Å². The van der Waals surface area contributed by atoms with Gasteiger partial charge in [-0.05, 0) is 18.2 Å². The second-order valence-electron chi connectivity index (χ2n) is 2.81. The molecule has 0 atom stereocenters. The minimum absolute atomic E-state index is 0.0401. The molecule has 0 aromatic heterocycles. The molecule has 2 rings (SSSR count). The minimum Gasteiger partial charge on any atom is -0.374 e. The van der Waals surface area contributed by atoms with Crippen molar-refractivity contribution in [1.82, 2.24) is 0 Å². The Balaban J connectivity index is 2.45. The van der Waals surface area contributed by atoms with E-state index >= 15 is 0 Å². The van der Waals surface area contributed by atoms with Crippen molar-refractivity contribution in [3.05, 3.63) is 23.8 Å². The fraction of sp³-hybridized carbons (Fsp3) is 0.100. The molecule has 1 aliphatic rings. The van der Waals surface area contributed by atoms with Gasteiger partial charge in [0.25, 0.3) is 0 Å². The molecule has 13 heavy (non-hydrogen) atoms. The van der Waals surface area contributed by atoms with E-state index in [-0.39, 0.29) is 5.91 Å². The lowest BCUT2D eigenvalue weighted by atomic mass is 10.1. The normalized spacial score (nSPS) is 13.6. The zero-order valence-electron chi connectivity index (χ0n) is 6.92. The van der Waals surface area contributed by atoms with Gasteiger partial charge in [0.2, 0.25) is 5.91 Å². The van der Waals surface area contributed by atoms with Crippen LogP contribution in [0.2, 0.25) is 0 Å². The van der Waals surface area contributed by atoms with Crippen molar-refractivity contribution in [2.45, 2.75) is 0 Å². The number of hydrogen-bond donors (Lipinski definition) is 2. The summed E-state index contributed by atoms with van der Waals surface area (Å²) < 4.78 is 0. The van der Waals surface area contributed by atoms with Crippen molar-refractivity contribution in [2.24, 2.45) is 0 Å². The second kappa shape index (κ2) is 2.83. The molecule has 1 aromatic carbocycles. The van der Waals surface area contributed by atoms with Crippen molar-refractivity contribution in [2.75, 3.05) is 17.2 Å². The molecule has 1 amide bonds. The van der Waals surface area contributed by atoms with Crippen LogP contribution in [0.25, 0.3) is 0 Å². The van der Waals surface area contributed by atoms with E-state index in [2.05, 4.69) is 16.6 Å². The maximum absolute atomic E-state index is 11.0. The summed E-state index contributed by atoms with van der Waals surface area (Å²) in [5.74, 6) is 2.47. The first-order valence-electron chi connectivity index (χ1n) is 3.94. The third kappa shape index (κ3) is 1.34. The topological polar surface area (TPSA) is 41.1 Å². The Labute approximate surface area is 76.1 Å². The van der Waals surface area contributed by atoms with Gasteiger partial charge in [-0.3, -0.25) is 4.79 Å².